The standard InChI is InChI=1S/C15H19N5O3S/c1-10-11(2)16-8-20(14(10)22)7-13(21)19-5-3-12(4-6-19)23-15-18-17-9-24-15/h8-9,12H,3-7H2,1-2H3. The molecule has 3 rings (SSSR count). The van der Waals surface area contributed by atoms with Crippen LogP contribution in [-0.4, -0.2) is 49.7 Å². The predicted octanol–water partition coefficient (Wildman–Crippen LogP) is 0.782. The lowest BCUT2D eigenvalue weighted by atomic mass is 10.1. The highest BCUT2D eigenvalue weighted by molar-refractivity contribution is 7.11. The summed E-state index contributed by atoms with van der Waals surface area (Å²) in [6.07, 6.45) is 2.97. The number of aromatic nitrogens is 4. The van der Waals surface area contributed by atoms with Crippen LogP contribution in [0.15, 0.2) is 16.6 Å². The zero-order chi connectivity index (χ0) is 17.1. The number of rotatable bonds is 4. The van der Waals surface area contributed by atoms with Gasteiger partial charge in [-0.1, -0.05) is 11.3 Å². The number of aryl methyl sites for hydroxylation is 1. The van der Waals surface area contributed by atoms with Crippen LogP contribution >= 0.6 is 11.3 Å². The molecule has 2 aromatic heterocycles. The Hall–Kier alpha value is -2.29. The van der Waals surface area contributed by atoms with Gasteiger partial charge in [0.25, 0.3) is 10.8 Å². The summed E-state index contributed by atoms with van der Waals surface area (Å²) >= 11 is 1.36. The van der Waals surface area contributed by atoms with Gasteiger partial charge in [0.2, 0.25) is 5.91 Å². The van der Waals surface area contributed by atoms with E-state index in [-0.39, 0.29) is 24.1 Å². The first kappa shape index (κ1) is 16.6. The Balaban J connectivity index is 1.56. The van der Waals surface area contributed by atoms with Gasteiger partial charge in [0.05, 0.1) is 6.33 Å². The van der Waals surface area contributed by atoms with Gasteiger partial charge in [-0.15, -0.1) is 10.2 Å². The molecule has 0 aliphatic carbocycles. The van der Waals surface area contributed by atoms with Crippen LogP contribution in [0, 0.1) is 13.8 Å². The van der Waals surface area contributed by atoms with Crippen LogP contribution in [0.2, 0.25) is 0 Å². The smallest absolute Gasteiger partial charge is 0.294 e. The second-order valence-electron chi connectivity index (χ2n) is 5.79. The fourth-order valence-corrected chi connectivity index (χ4v) is 3.08. The van der Waals surface area contributed by atoms with Crippen LogP contribution in [0.1, 0.15) is 24.1 Å². The molecule has 0 saturated carbocycles. The lowest BCUT2D eigenvalue weighted by Crippen LogP contribution is -2.44. The first-order valence-corrected chi connectivity index (χ1v) is 8.66. The third kappa shape index (κ3) is 3.61. The van der Waals surface area contributed by atoms with Crippen molar-refractivity contribution in [3.8, 4) is 5.19 Å². The van der Waals surface area contributed by atoms with E-state index in [4.69, 9.17) is 4.74 Å². The molecule has 0 aromatic carbocycles. The summed E-state index contributed by atoms with van der Waals surface area (Å²) < 4.78 is 7.10. The second kappa shape index (κ2) is 7.08. The lowest BCUT2D eigenvalue weighted by molar-refractivity contribution is -0.133. The Morgan fingerprint density at radius 1 is 1.38 bits per heavy atom. The van der Waals surface area contributed by atoms with Gasteiger partial charge in [-0.3, -0.25) is 14.2 Å². The van der Waals surface area contributed by atoms with Crippen LogP contribution in [-0.2, 0) is 11.3 Å². The first-order valence-electron chi connectivity index (χ1n) is 7.78. The van der Waals surface area contributed by atoms with Gasteiger partial charge in [0.1, 0.15) is 18.2 Å². The molecule has 1 saturated heterocycles. The fraction of sp³-hybridized carbons (Fsp3) is 0.533. The number of carbonyl (C=O) groups is 1. The largest absolute Gasteiger partial charge is 0.465 e. The van der Waals surface area contributed by atoms with Crippen molar-refractivity contribution in [1.29, 1.82) is 0 Å². The number of ether oxygens (including phenoxy) is 1. The van der Waals surface area contributed by atoms with Gasteiger partial charge in [0.15, 0.2) is 0 Å². The Labute approximate surface area is 143 Å². The normalized spacial score (nSPS) is 15.5. The number of hydrogen-bond donors (Lipinski definition) is 0. The summed E-state index contributed by atoms with van der Waals surface area (Å²) in [6.45, 7) is 4.74. The topological polar surface area (TPSA) is 90.2 Å². The van der Waals surface area contributed by atoms with Crippen LogP contribution < -0.4 is 10.3 Å². The highest BCUT2D eigenvalue weighted by Crippen LogP contribution is 2.20. The third-order valence-electron chi connectivity index (χ3n) is 4.22. The molecule has 0 radical (unpaired) electrons. The number of hydrogen-bond acceptors (Lipinski definition) is 7. The van der Waals surface area contributed by atoms with E-state index in [1.807, 2.05) is 0 Å². The summed E-state index contributed by atoms with van der Waals surface area (Å²) in [5, 5.41) is 8.17. The molecule has 1 fully saturated rings. The monoisotopic (exact) mass is 349 g/mol. The molecule has 3 heterocycles. The molecular weight excluding hydrogens is 330 g/mol. The highest BCUT2D eigenvalue weighted by atomic mass is 32.1. The molecule has 1 aliphatic rings. The minimum atomic E-state index is -0.162. The Bertz CT molecular complexity index is 766. The van der Waals surface area contributed by atoms with Crippen molar-refractivity contribution in [2.75, 3.05) is 13.1 Å². The molecule has 0 N–H and O–H groups in total. The number of carbonyl (C=O) groups excluding carboxylic acids is 1. The first-order chi connectivity index (χ1) is 11.5. The van der Waals surface area contributed by atoms with E-state index in [2.05, 4.69) is 15.2 Å². The molecule has 128 valence electrons. The van der Waals surface area contributed by atoms with Crippen molar-refractivity contribution in [1.82, 2.24) is 24.6 Å². The molecule has 1 aliphatic heterocycles. The number of amides is 1. The third-order valence-corrected chi connectivity index (χ3v) is 4.80. The number of nitrogens with zero attached hydrogens (tertiary/aromatic N) is 5. The number of likely N-dealkylation sites (tertiary alicyclic amines) is 1. The van der Waals surface area contributed by atoms with Crippen molar-refractivity contribution in [2.24, 2.45) is 0 Å². The van der Waals surface area contributed by atoms with Crippen molar-refractivity contribution in [3.63, 3.8) is 0 Å². The molecule has 0 bridgehead atoms. The van der Waals surface area contributed by atoms with E-state index in [0.29, 0.717) is 29.5 Å². The molecule has 9 heteroatoms. The average Bonchev–Trinajstić information content (AvgIpc) is 3.09. The van der Waals surface area contributed by atoms with Gasteiger partial charge < -0.3 is 9.64 Å². The van der Waals surface area contributed by atoms with Gasteiger partial charge in [-0.05, 0) is 13.8 Å². The SMILES string of the molecule is Cc1ncn(CC(=O)N2CCC(Oc3nncs3)CC2)c(=O)c1C. The summed E-state index contributed by atoms with van der Waals surface area (Å²) in [5.74, 6) is -0.0727. The quantitative estimate of drug-likeness (QED) is 0.810. The van der Waals surface area contributed by atoms with E-state index < -0.39 is 0 Å². The Morgan fingerprint density at radius 3 is 2.79 bits per heavy atom. The summed E-state index contributed by atoms with van der Waals surface area (Å²) in [7, 11) is 0. The zero-order valence-corrected chi connectivity index (χ0v) is 14.5. The summed E-state index contributed by atoms with van der Waals surface area (Å²) in [4.78, 5) is 30.5. The van der Waals surface area contributed by atoms with Gasteiger partial charge in [-0.2, -0.15) is 0 Å². The molecule has 2 aromatic rings. The predicted molar refractivity (Wildman–Crippen MR) is 88.1 cm³/mol. The molecule has 0 spiro atoms. The average molecular weight is 349 g/mol. The van der Waals surface area contributed by atoms with Crippen molar-refractivity contribution in [3.05, 3.63) is 33.4 Å². The molecule has 0 unspecified atom stereocenters. The maximum absolute atomic E-state index is 12.4. The molecule has 24 heavy (non-hydrogen) atoms. The van der Waals surface area contributed by atoms with E-state index in [1.54, 1.807) is 24.3 Å². The van der Waals surface area contributed by atoms with Gasteiger partial charge in [-0.25, -0.2) is 4.98 Å². The molecule has 0 atom stereocenters. The number of piperidine rings is 1. The van der Waals surface area contributed by atoms with E-state index >= 15 is 0 Å². The van der Waals surface area contributed by atoms with Crippen LogP contribution in [0.5, 0.6) is 5.19 Å². The zero-order valence-electron chi connectivity index (χ0n) is 13.6. The Morgan fingerprint density at radius 2 is 2.12 bits per heavy atom. The van der Waals surface area contributed by atoms with Gasteiger partial charge >= 0.3 is 0 Å². The maximum atomic E-state index is 12.4. The Kier molecular flexibility index (Phi) is 4.89. The van der Waals surface area contributed by atoms with Crippen LogP contribution in [0.3, 0.4) is 0 Å². The second-order valence-corrected chi connectivity index (χ2v) is 6.59. The molecule has 8 nitrogen and oxygen atoms in total. The van der Waals surface area contributed by atoms with Crippen LogP contribution in [0.4, 0.5) is 0 Å². The van der Waals surface area contributed by atoms with Gasteiger partial charge in [0, 0.05) is 37.2 Å². The van der Waals surface area contributed by atoms with Crippen molar-refractivity contribution in [2.45, 2.75) is 39.3 Å². The summed E-state index contributed by atoms with van der Waals surface area (Å²) in [6, 6.07) is 0. The minimum absolute atomic E-state index is 0.0227. The van der Waals surface area contributed by atoms with Crippen molar-refractivity contribution >= 4 is 17.2 Å². The summed E-state index contributed by atoms with van der Waals surface area (Å²) in [5.41, 5.74) is 2.74. The van der Waals surface area contributed by atoms with E-state index in [1.165, 1.54) is 22.2 Å². The molecular formula is C15H19N5O3S. The fourth-order valence-electron chi connectivity index (χ4n) is 2.61. The highest BCUT2D eigenvalue weighted by Gasteiger charge is 2.25. The lowest BCUT2D eigenvalue weighted by Gasteiger charge is -2.31. The van der Waals surface area contributed by atoms with E-state index in [9.17, 15) is 9.59 Å². The van der Waals surface area contributed by atoms with E-state index in [0.717, 1.165) is 12.8 Å². The molecule has 1 amide bonds. The van der Waals surface area contributed by atoms with Crippen molar-refractivity contribution < 1.29 is 9.53 Å². The van der Waals surface area contributed by atoms with Crippen LogP contribution in [0.25, 0.3) is 0 Å². The maximum Gasteiger partial charge on any atom is 0.294 e. The minimum Gasteiger partial charge on any atom is -0.465 e.